The van der Waals surface area contributed by atoms with E-state index >= 15 is 0 Å². The van der Waals surface area contributed by atoms with Crippen LogP contribution >= 0.6 is 0 Å². The molecule has 0 radical (unpaired) electrons. The Bertz CT molecular complexity index is 1150. The van der Waals surface area contributed by atoms with Crippen molar-refractivity contribution in [3.63, 3.8) is 0 Å². The minimum absolute atomic E-state index is 0.0536. The van der Waals surface area contributed by atoms with Crippen molar-refractivity contribution < 1.29 is 9.53 Å². The first-order valence-electron chi connectivity index (χ1n) is 12.4. The summed E-state index contributed by atoms with van der Waals surface area (Å²) in [6.45, 7) is 6.88. The molecule has 2 atom stereocenters. The van der Waals surface area contributed by atoms with Crippen molar-refractivity contribution in [2.45, 2.75) is 57.2 Å². The maximum atomic E-state index is 12.8. The fraction of sp³-hybridized carbons (Fsp3) is 0.379. The number of piperidine rings is 1. The Labute approximate surface area is 213 Å². The highest BCUT2D eigenvalue weighted by Gasteiger charge is 2.33. The molecule has 0 spiro atoms. The number of rotatable bonds is 6. The van der Waals surface area contributed by atoms with Crippen LogP contribution < -0.4 is 5.32 Å². The molecule has 0 saturated carbocycles. The monoisotopic (exact) mass is 483 g/mol. The van der Waals surface area contributed by atoms with Crippen molar-refractivity contribution in [3.8, 4) is 6.07 Å². The predicted molar refractivity (Wildman–Crippen MR) is 138 cm³/mol. The van der Waals surface area contributed by atoms with Crippen LogP contribution in [-0.2, 0) is 4.74 Å². The highest BCUT2D eigenvalue weighted by Crippen LogP contribution is 2.37. The van der Waals surface area contributed by atoms with E-state index in [9.17, 15) is 10.1 Å². The van der Waals surface area contributed by atoms with Crippen molar-refractivity contribution >= 4 is 6.09 Å². The zero-order chi connectivity index (χ0) is 25.5. The number of nitrogens with one attached hydrogen (secondary N) is 1. The summed E-state index contributed by atoms with van der Waals surface area (Å²) >= 11 is 0. The van der Waals surface area contributed by atoms with E-state index in [1.807, 2.05) is 69.6 Å². The Balaban J connectivity index is 1.70. The third-order valence-electron chi connectivity index (χ3n) is 6.28. The average molecular weight is 484 g/mol. The van der Waals surface area contributed by atoms with Crippen LogP contribution in [0.4, 0.5) is 4.79 Å². The van der Waals surface area contributed by atoms with Gasteiger partial charge in [-0.2, -0.15) is 5.26 Å². The van der Waals surface area contributed by atoms with Gasteiger partial charge in [-0.05, 0) is 74.6 Å². The van der Waals surface area contributed by atoms with Gasteiger partial charge in [0.1, 0.15) is 5.60 Å². The second-order valence-electron chi connectivity index (χ2n) is 10.2. The van der Waals surface area contributed by atoms with Gasteiger partial charge in [0.15, 0.2) is 0 Å². The van der Waals surface area contributed by atoms with E-state index in [4.69, 9.17) is 4.74 Å². The molecule has 2 aromatic heterocycles. The van der Waals surface area contributed by atoms with Gasteiger partial charge in [0.25, 0.3) is 0 Å². The van der Waals surface area contributed by atoms with E-state index in [1.54, 1.807) is 17.3 Å². The van der Waals surface area contributed by atoms with E-state index in [1.165, 1.54) is 0 Å². The molecule has 0 aliphatic carbocycles. The van der Waals surface area contributed by atoms with Crippen molar-refractivity contribution in [3.05, 3.63) is 95.6 Å². The lowest BCUT2D eigenvalue weighted by molar-refractivity contribution is 0.0182. The Morgan fingerprint density at radius 3 is 2.33 bits per heavy atom. The van der Waals surface area contributed by atoms with Crippen LogP contribution in [0.5, 0.6) is 0 Å². The summed E-state index contributed by atoms with van der Waals surface area (Å²) in [4.78, 5) is 23.4. The van der Waals surface area contributed by atoms with Crippen molar-refractivity contribution in [2.24, 2.45) is 0 Å². The number of carbonyl (C=O) groups is 1. The summed E-state index contributed by atoms with van der Waals surface area (Å²) in [7, 11) is 0. The Morgan fingerprint density at radius 1 is 1.08 bits per heavy atom. The molecule has 7 heteroatoms. The molecule has 1 aromatic carbocycles. The minimum Gasteiger partial charge on any atom is -0.444 e. The topological polar surface area (TPSA) is 91.1 Å². The molecule has 4 rings (SSSR count). The third kappa shape index (κ3) is 6.46. The minimum atomic E-state index is -0.538. The van der Waals surface area contributed by atoms with Gasteiger partial charge in [-0.25, -0.2) is 4.79 Å². The van der Waals surface area contributed by atoms with Gasteiger partial charge in [0.2, 0.25) is 0 Å². The molecule has 186 valence electrons. The molecule has 1 fully saturated rings. The number of benzene rings is 1. The number of ether oxygens (including phenoxy) is 1. The van der Waals surface area contributed by atoms with Crippen molar-refractivity contribution in [1.29, 1.82) is 5.26 Å². The van der Waals surface area contributed by atoms with Gasteiger partial charge >= 0.3 is 6.09 Å². The molecule has 3 aromatic rings. The Kier molecular flexibility index (Phi) is 7.97. The molecular weight excluding hydrogens is 450 g/mol. The average Bonchev–Trinajstić information content (AvgIpc) is 2.89. The van der Waals surface area contributed by atoms with E-state index in [0.717, 1.165) is 29.5 Å². The molecule has 1 saturated heterocycles. The summed E-state index contributed by atoms with van der Waals surface area (Å²) < 4.78 is 5.64. The fourth-order valence-corrected chi connectivity index (χ4v) is 4.74. The van der Waals surface area contributed by atoms with E-state index in [0.29, 0.717) is 18.7 Å². The molecule has 1 aliphatic heterocycles. The first kappa shape index (κ1) is 25.3. The van der Waals surface area contributed by atoms with Crippen LogP contribution in [0.2, 0.25) is 0 Å². The van der Waals surface area contributed by atoms with Crippen LogP contribution in [0.25, 0.3) is 0 Å². The maximum absolute atomic E-state index is 12.8. The largest absolute Gasteiger partial charge is 0.444 e. The summed E-state index contributed by atoms with van der Waals surface area (Å²) in [6.07, 6.45) is 8.83. The molecule has 0 bridgehead atoms. The lowest BCUT2D eigenvalue weighted by Gasteiger charge is -2.38. The van der Waals surface area contributed by atoms with Gasteiger partial charge < -0.3 is 15.0 Å². The number of hydrogen-bond acceptors (Lipinski definition) is 6. The predicted octanol–water partition coefficient (Wildman–Crippen LogP) is 5.21. The normalized spacial score (nSPS) is 16.9. The summed E-state index contributed by atoms with van der Waals surface area (Å²) in [6, 6.07) is 17.9. The van der Waals surface area contributed by atoms with Crippen LogP contribution in [0.15, 0.2) is 73.3 Å². The van der Waals surface area contributed by atoms with Crippen molar-refractivity contribution in [1.82, 2.24) is 20.2 Å². The molecule has 36 heavy (non-hydrogen) atoms. The van der Waals surface area contributed by atoms with Gasteiger partial charge in [0.05, 0.1) is 11.6 Å². The van der Waals surface area contributed by atoms with Gasteiger partial charge in [-0.3, -0.25) is 9.97 Å². The zero-order valence-electron chi connectivity index (χ0n) is 21.1. The number of aromatic nitrogens is 2. The fourth-order valence-electron chi connectivity index (χ4n) is 4.74. The van der Waals surface area contributed by atoms with E-state index < -0.39 is 5.60 Å². The SMILES string of the molecule is CC(C)(C)OC(=O)N1CCCC(NC(c2cccc(C#N)c2)C(c2cccnc2)c2cccnc2)C1. The number of hydrogen-bond donors (Lipinski definition) is 1. The quantitative estimate of drug-likeness (QED) is 0.517. The van der Waals surface area contributed by atoms with Crippen LogP contribution in [0.1, 0.15) is 67.8 Å². The van der Waals surface area contributed by atoms with Gasteiger partial charge in [-0.1, -0.05) is 24.3 Å². The summed E-state index contributed by atoms with van der Waals surface area (Å²) in [5.74, 6) is -0.0988. The number of nitrogens with zero attached hydrogens (tertiary/aromatic N) is 4. The second-order valence-corrected chi connectivity index (χ2v) is 10.2. The number of carbonyl (C=O) groups excluding carboxylic acids is 1. The summed E-state index contributed by atoms with van der Waals surface area (Å²) in [5.41, 5.74) is 3.16. The highest BCUT2D eigenvalue weighted by atomic mass is 16.6. The molecule has 2 unspecified atom stereocenters. The summed E-state index contributed by atoms with van der Waals surface area (Å²) in [5, 5.41) is 13.4. The number of amides is 1. The van der Waals surface area contributed by atoms with E-state index in [2.05, 4.69) is 33.5 Å². The number of pyridine rings is 2. The molecule has 1 N–H and O–H groups in total. The number of likely N-dealkylation sites (tertiary alicyclic amines) is 1. The van der Waals surface area contributed by atoms with Gasteiger partial charge in [-0.15, -0.1) is 0 Å². The molecule has 3 heterocycles. The highest BCUT2D eigenvalue weighted by molar-refractivity contribution is 5.68. The Hall–Kier alpha value is -3.76. The standard InChI is InChI=1S/C29H33N5O2/c1-29(2,3)36-28(35)34-15-7-12-25(20-34)33-27(22-9-4-8-21(16-22)17-30)26(23-10-5-13-31-18-23)24-11-6-14-32-19-24/h4-6,8-11,13-14,16,18-19,25-27,33H,7,12,15,20H2,1-3H3. The van der Waals surface area contributed by atoms with E-state index in [-0.39, 0.29) is 24.1 Å². The first-order chi connectivity index (χ1) is 17.3. The Morgan fingerprint density at radius 2 is 1.75 bits per heavy atom. The molecule has 7 nitrogen and oxygen atoms in total. The third-order valence-corrected chi connectivity index (χ3v) is 6.28. The first-order valence-corrected chi connectivity index (χ1v) is 12.4. The number of nitriles is 1. The van der Waals surface area contributed by atoms with Crippen LogP contribution in [0, 0.1) is 11.3 Å². The lowest BCUT2D eigenvalue weighted by atomic mass is 9.82. The lowest BCUT2D eigenvalue weighted by Crippen LogP contribution is -2.50. The van der Waals surface area contributed by atoms with Gasteiger partial charge in [0, 0.05) is 55.9 Å². The maximum Gasteiger partial charge on any atom is 0.410 e. The van der Waals surface area contributed by atoms with Crippen LogP contribution in [0.3, 0.4) is 0 Å². The molecule has 1 amide bonds. The molecular formula is C29H33N5O2. The smallest absolute Gasteiger partial charge is 0.410 e. The van der Waals surface area contributed by atoms with Crippen molar-refractivity contribution in [2.75, 3.05) is 13.1 Å². The van der Waals surface area contributed by atoms with Crippen LogP contribution in [-0.4, -0.2) is 45.7 Å². The second kappa shape index (κ2) is 11.3. The zero-order valence-corrected chi connectivity index (χ0v) is 21.1. The molecule has 1 aliphatic rings.